The maximum atomic E-state index is 10.4. The zero-order valence-corrected chi connectivity index (χ0v) is 39.6. The van der Waals surface area contributed by atoms with Gasteiger partial charge < -0.3 is 40.1 Å². The smallest absolute Gasteiger partial charge is 0.144 e. The van der Waals surface area contributed by atoms with Crippen LogP contribution < -0.4 is 0 Å². The van der Waals surface area contributed by atoms with E-state index in [2.05, 4.69) is 76.3 Å². The standard InChI is InChI=1S/2C27H42O4/c2*1-18(7-5-13-25(2,3)30)21-11-12-22-20(8-6-14-26(21,22)4)10-9-19-15-23(28)27(17-31-27)24(29)16-19/h2*5,7,9-10,18,21-24,28-30H,6,8,11-17H2,1-4H3/b2*7-5+,19-9?,20-10+/t2*18-,21?,22?,23-,24-,26?,27?/m11/s1. The molecule has 348 valence electrons. The summed E-state index contributed by atoms with van der Waals surface area (Å²) in [6.07, 6.45) is 31.9. The van der Waals surface area contributed by atoms with Crippen LogP contribution in [0.15, 0.2) is 70.9 Å². The van der Waals surface area contributed by atoms with Gasteiger partial charge in [0, 0.05) is 0 Å². The molecular formula is C54H84O8. The summed E-state index contributed by atoms with van der Waals surface area (Å²) >= 11 is 0. The van der Waals surface area contributed by atoms with E-state index in [4.69, 9.17) is 9.47 Å². The van der Waals surface area contributed by atoms with Crippen LogP contribution in [-0.2, 0) is 9.47 Å². The average Bonchev–Trinajstić information content (AvgIpc) is 4.10. The highest BCUT2D eigenvalue weighted by atomic mass is 16.6. The molecule has 0 aromatic heterocycles. The second-order valence-electron chi connectivity index (χ2n) is 23.3. The molecule has 6 aliphatic carbocycles. The number of allylic oxidation sites excluding steroid dienone is 8. The van der Waals surface area contributed by atoms with Crippen molar-refractivity contribution in [1.29, 1.82) is 0 Å². The first-order chi connectivity index (χ1) is 29.1. The van der Waals surface area contributed by atoms with Crippen molar-refractivity contribution >= 4 is 0 Å². The van der Waals surface area contributed by atoms with Crippen LogP contribution in [-0.4, -0.2) is 90.7 Å². The van der Waals surface area contributed by atoms with Crippen LogP contribution in [0.3, 0.4) is 0 Å². The summed E-state index contributed by atoms with van der Waals surface area (Å²) < 4.78 is 10.8. The van der Waals surface area contributed by atoms with E-state index in [-0.39, 0.29) is 0 Å². The van der Waals surface area contributed by atoms with Crippen LogP contribution in [0.2, 0.25) is 0 Å². The minimum atomic E-state index is -0.679. The zero-order valence-electron chi connectivity index (χ0n) is 39.6. The molecule has 2 heterocycles. The topological polar surface area (TPSA) is 146 Å². The summed E-state index contributed by atoms with van der Waals surface area (Å²) in [7, 11) is 0. The van der Waals surface area contributed by atoms with E-state index in [0.29, 0.717) is 98.1 Å². The fourth-order valence-corrected chi connectivity index (χ4v) is 13.7. The molecule has 8 heteroatoms. The van der Waals surface area contributed by atoms with Crippen LogP contribution in [0.5, 0.6) is 0 Å². The quantitative estimate of drug-likeness (QED) is 0.0942. The molecule has 6 N–H and O–H groups in total. The van der Waals surface area contributed by atoms with Gasteiger partial charge in [0.1, 0.15) is 11.2 Å². The highest BCUT2D eigenvalue weighted by Crippen LogP contribution is 2.61. The fraction of sp³-hybridized carbons (Fsp3) is 0.778. The van der Waals surface area contributed by atoms with Gasteiger partial charge in [-0.25, -0.2) is 0 Å². The lowest BCUT2D eigenvalue weighted by molar-refractivity contribution is -0.0294. The van der Waals surface area contributed by atoms with Crippen LogP contribution in [0.25, 0.3) is 0 Å². The zero-order chi connectivity index (χ0) is 44.9. The van der Waals surface area contributed by atoms with E-state index in [1.165, 1.54) is 51.4 Å². The van der Waals surface area contributed by atoms with Gasteiger partial charge in [0.15, 0.2) is 0 Å². The molecule has 0 bridgehead atoms. The van der Waals surface area contributed by atoms with E-state index in [0.717, 1.165) is 24.0 Å². The lowest BCUT2D eigenvalue weighted by Crippen LogP contribution is -2.45. The van der Waals surface area contributed by atoms with Crippen LogP contribution in [0.4, 0.5) is 0 Å². The molecule has 0 aromatic carbocycles. The Kier molecular flexibility index (Phi) is 14.3. The molecule has 8 rings (SSSR count). The van der Waals surface area contributed by atoms with Gasteiger partial charge in [-0.15, -0.1) is 0 Å². The van der Waals surface area contributed by atoms with E-state index >= 15 is 0 Å². The third-order valence-corrected chi connectivity index (χ3v) is 17.6. The Morgan fingerprint density at radius 1 is 0.581 bits per heavy atom. The van der Waals surface area contributed by atoms with Crippen molar-refractivity contribution in [2.75, 3.05) is 13.2 Å². The van der Waals surface area contributed by atoms with Gasteiger partial charge in [0.2, 0.25) is 0 Å². The minimum Gasteiger partial charge on any atom is -0.390 e. The van der Waals surface area contributed by atoms with E-state index in [1.807, 2.05) is 27.7 Å². The van der Waals surface area contributed by atoms with E-state index < -0.39 is 46.8 Å². The maximum absolute atomic E-state index is 10.4. The lowest BCUT2D eigenvalue weighted by Gasteiger charge is -2.44. The third kappa shape index (κ3) is 10.2. The van der Waals surface area contributed by atoms with Crippen molar-refractivity contribution in [3.63, 3.8) is 0 Å². The van der Waals surface area contributed by atoms with Crippen molar-refractivity contribution in [1.82, 2.24) is 0 Å². The van der Waals surface area contributed by atoms with Crippen LogP contribution in [0, 0.1) is 46.3 Å². The fourth-order valence-electron chi connectivity index (χ4n) is 13.7. The second kappa shape index (κ2) is 18.4. The Balaban J connectivity index is 0.000000186. The van der Waals surface area contributed by atoms with Crippen molar-refractivity contribution in [3.8, 4) is 0 Å². The van der Waals surface area contributed by atoms with Crippen molar-refractivity contribution in [2.24, 2.45) is 46.3 Å². The number of hydrogen-bond acceptors (Lipinski definition) is 8. The van der Waals surface area contributed by atoms with Gasteiger partial charge in [-0.2, -0.15) is 0 Å². The Labute approximate surface area is 374 Å². The molecule has 8 fully saturated rings. The molecule has 6 saturated carbocycles. The van der Waals surface area contributed by atoms with Gasteiger partial charge in [-0.05, 0) is 177 Å². The predicted octanol–water partition coefficient (Wildman–Crippen LogP) is 9.39. The summed E-state index contributed by atoms with van der Waals surface area (Å²) in [5, 5.41) is 61.7. The molecule has 6 unspecified atom stereocenters. The summed E-state index contributed by atoms with van der Waals surface area (Å²) in [5.41, 5.74) is 3.42. The normalized spacial score (nSPS) is 42.9. The SMILES string of the molecule is C[C@H](/C=C/CC(C)(C)O)C1CCC2/C(=C/C=C3C[C@@H](O)C4(CO4)[C@H](O)C3)CCCC21C.C[C@H](/C=C/CC(C)(C)O)C1CCC2/C(=C/C=C3C[C@@H](O)C4(CO4)[C@H](O)C3)CCCC21C. The minimum absolute atomic E-state index is 0.332. The Hall–Kier alpha value is -1.88. The number of fused-ring (bicyclic) bond motifs is 2. The summed E-state index contributed by atoms with van der Waals surface area (Å²) in [6, 6.07) is 0. The first-order valence-electron chi connectivity index (χ1n) is 24.7. The molecule has 2 aliphatic heterocycles. The van der Waals surface area contributed by atoms with Crippen LogP contribution >= 0.6 is 0 Å². The van der Waals surface area contributed by atoms with E-state index in [9.17, 15) is 30.6 Å². The van der Waals surface area contributed by atoms with Gasteiger partial charge in [0.05, 0.1) is 48.8 Å². The molecule has 12 atom stereocenters. The highest BCUT2D eigenvalue weighted by molar-refractivity contribution is 5.30. The summed E-state index contributed by atoms with van der Waals surface area (Å²) in [5.74, 6) is 3.66. The molecule has 0 radical (unpaired) electrons. The van der Waals surface area contributed by atoms with Gasteiger partial charge in [-0.3, -0.25) is 0 Å². The largest absolute Gasteiger partial charge is 0.390 e. The molecule has 8 aliphatic rings. The van der Waals surface area contributed by atoms with Gasteiger partial charge in [-0.1, -0.05) is 98.6 Å². The molecule has 2 saturated heterocycles. The molecule has 2 spiro atoms. The van der Waals surface area contributed by atoms with Crippen molar-refractivity contribution in [2.45, 2.75) is 205 Å². The molecule has 0 aromatic rings. The first-order valence-corrected chi connectivity index (χ1v) is 24.7. The third-order valence-electron chi connectivity index (χ3n) is 17.6. The number of aliphatic hydroxyl groups is 6. The van der Waals surface area contributed by atoms with Crippen LogP contribution in [0.1, 0.15) is 158 Å². The number of ether oxygens (including phenoxy) is 2. The molecule has 8 nitrogen and oxygen atoms in total. The predicted molar refractivity (Wildman–Crippen MR) is 247 cm³/mol. The van der Waals surface area contributed by atoms with Gasteiger partial charge >= 0.3 is 0 Å². The Bertz CT molecular complexity index is 1600. The number of hydrogen-bond donors (Lipinski definition) is 6. The number of rotatable bonds is 10. The molecular weight excluding hydrogens is 777 g/mol. The molecule has 0 amide bonds. The first kappa shape index (κ1) is 48.1. The van der Waals surface area contributed by atoms with Crippen molar-refractivity contribution < 1.29 is 40.1 Å². The van der Waals surface area contributed by atoms with Gasteiger partial charge in [0.25, 0.3) is 0 Å². The number of aliphatic hydroxyl groups excluding tert-OH is 4. The summed E-state index contributed by atoms with van der Waals surface area (Å²) in [4.78, 5) is 0. The molecule has 62 heavy (non-hydrogen) atoms. The second-order valence-corrected chi connectivity index (χ2v) is 23.3. The van der Waals surface area contributed by atoms with Crippen molar-refractivity contribution in [3.05, 3.63) is 70.9 Å². The lowest BCUT2D eigenvalue weighted by atomic mass is 9.61. The summed E-state index contributed by atoms with van der Waals surface area (Å²) in [6.45, 7) is 18.1. The highest BCUT2D eigenvalue weighted by Gasteiger charge is 2.60. The maximum Gasteiger partial charge on any atom is 0.144 e. The monoisotopic (exact) mass is 861 g/mol. The Morgan fingerprint density at radius 3 is 1.23 bits per heavy atom. The Morgan fingerprint density at radius 2 is 0.919 bits per heavy atom. The number of epoxide rings is 2. The van der Waals surface area contributed by atoms with E-state index in [1.54, 1.807) is 11.1 Å². The average molecular weight is 861 g/mol.